The molecule has 29 heavy (non-hydrogen) atoms. The zero-order valence-corrected chi connectivity index (χ0v) is 17.1. The molecule has 0 bridgehead atoms. The van der Waals surface area contributed by atoms with Gasteiger partial charge in [-0.15, -0.1) is 10.2 Å². The van der Waals surface area contributed by atoms with Crippen LogP contribution in [0.3, 0.4) is 0 Å². The van der Waals surface area contributed by atoms with E-state index in [1.54, 1.807) is 6.26 Å². The second kappa shape index (κ2) is 9.17. The summed E-state index contributed by atoms with van der Waals surface area (Å²) in [6.45, 7) is 8.54. The van der Waals surface area contributed by atoms with E-state index in [9.17, 15) is 13.2 Å². The van der Waals surface area contributed by atoms with E-state index < -0.39 is 12.2 Å². The van der Waals surface area contributed by atoms with Crippen LogP contribution in [0, 0.1) is 6.92 Å². The molecule has 1 aliphatic rings. The van der Waals surface area contributed by atoms with Crippen LogP contribution in [-0.2, 0) is 11.3 Å². The van der Waals surface area contributed by atoms with Crippen LogP contribution in [0.5, 0.6) is 0 Å². The van der Waals surface area contributed by atoms with Gasteiger partial charge in [0.25, 0.3) is 0 Å². The summed E-state index contributed by atoms with van der Waals surface area (Å²) >= 11 is 0. The molecule has 1 atom stereocenters. The Kier molecular flexibility index (Phi) is 6.84. The molecular weight excluding hydrogens is 387 g/mol. The maximum Gasteiger partial charge on any atom is 0.403 e. The number of rotatable bonds is 8. The predicted molar refractivity (Wildman–Crippen MR) is 103 cm³/mol. The number of furan rings is 1. The lowest BCUT2D eigenvalue weighted by molar-refractivity contribution is -0.179. The van der Waals surface area contributed by atoms with Gasteiger partial charge in [0, 0.05) is 45.9 Å². The van der Waals surface area contributed by atoms with Crippen molar-refractivity contribution >= 4 is 5.95 Å². The lowest BCUT2D eigenvalue weighted by Gasteiger charge is -2.38. The molecule has 3 heterocycles. The van der Waals surface area contributed by atoms with E-state index in [1.165, 1.54) is 11.8 Å². The molecule has 0 saturated carbocycles. The Balaban J connectivity index is 1.77. The van der Waals surface area contributed by atoms with Gasteiger partial charge in [0.1, 0.15) is 11.8 Å². The molecule has 0 spiro atoms. The lowest BCUT2D eigenvalue weighted by Crippen LogP contribution is -2.54. The van der Waals surface area contributed by atoms with Gasteiger partial charge in [-0.2, -0.15) is 13.2 Å². The fourth-order valence-electron chi connectivity index (χ4n) is 3.54. The maximum absolute atomic E-state index is 13.0. The molecule has 1 fully saturated rings. The Labute approximate surface area is 168 Å². The summed E-state index contributed by atoms with van der Waals surface area (Å²) in [5, 5.41) is 8.73. The average Bonchev–Trinajstić information content (AvgIpc) is 3.29. The number of nitrogens with zero attached hydrogens (tertiary/aromatic N) is 5. The summed E-state index contributed by atoms with van der Waals surface area (Å²) in [7, 11) is 0. The third kappa shape index (κ3) is 4.92. The number of piperazine rings is 1. The number of anilines is 1. The first kappa shape index (κ1) is 21.6. The highest BCUT2D eigenvalue weighted by Gasteiger charge is 2.41. The fourth-order valence-corrected chi connectivity index (χ4v) is 3.54. The second-order valence-electron chi connectivity index (χ2n) is 7.16. The molecule has 7 nitrogen and oxygen atoms in total. The highest BCUT2D eigenvalue weighted by Crippen LogP contribution is 2.29. The van der Waals surface area contributed by atoms with E-state index in [4.69, 9.17) is 9.15 Å². The summed E-state index contributed by atoms with van der Waals surface area (Å²) in [6.07, 6.45) is -1.82. The largest absolute Gasteiger partial charge is 0.469 e. The van der Waals surface area contributed by atoms with Gasteiger partial charge in [-0.3, -0.25) is 9.47 Å². The van der Waals surface area contributed by atoms with Crippen molar-refractivity contribution in [2.75, 3.05) is 44.3 Å². The number of ether oxygens (including phenoxy) is 1. The van der Waals surface area contributed by atoms with Crippen molar-refractivity contribution in [2.45, 2.75) is 46.0 Å². The molecule has 0 N–H and O–H groups in total. The summed E-state index contributed by atoms with van der Waals surface area (Å²) < 4.78 is 51.9. The van der Waals surface area contributed by atoms with Crippen molar-refractivity contribution in [2.24, 2.45) is 0 Å². The van der Waals surface area contributed by atoms with Crippen molar-refractivity contribution in [3.8, 4) is 11.4 Å². The molecule has 1 aliphatic heterocycles. The van der Waals surface area contributed by atoms with Gasteiger partial charge in [0.2, 0.25) is 5.95 Å². The van der Waals surface area contributed by atoms with Gasteiger partial charge in [-0.05, 0) is 33.3 Å². The molecule has 2 aromatic heterocycles. The minimum Gasteiger partial charge on any atom is -0.469 e. The Morgan fingerprint density at radius 3 is 2.52 bits per heavy atom. The molecule has 162 valence electrons. The van der Waals surface area contributed by atoms with Gasteiger partial charge < -0.3 is 14.1 Å². The Hall–Kier alpha value is -2.07. The van der Waals surface area contributed by atoms with Gasteiger partial charge >= 0.3 is 6.18 Å². The average molecular weight is 415 g/mol. The van der Waals surface area contributed by atoms with Gasteiger partial charge in [0.15, 0.2) is 5.82 Å². The molecule has 0 unspecified atom stereocenters. The third-order valence-corrected chi connectivity index (χ3v) is 5.32. The zero-order valence-electron chi connectivity index (χ0n) is 17.1. The number of hydrogen-bond donors (Lipinski definition) is 0. The first-order valence-electron chi connectivity index (χ1n) is 9.94. The normalized spacial score (nSPS) is 17.1. The molecule has 0 radical (unpaired) electrons. The summed E-state index contributed by atoms with van der Waals surface area (Å²) in [4.78, 5) is 3.47. The number of aryl methyl sites for hydroxylation is 1. The van der Waals surface area contributed by atoms with E-state index in [-0.39, 0.29) is 0 Å². The van der Waals surface area contributed by atoms with Crippen LogP contribution >= 0.6 is 0 Å². The summed E-state index contributed by atoms with van der Waals surface area (Å²) in [6, 6.07) is 0.406. The molecule has 3 rings (SSSR count). The van der Waals surface area contributed by atoms with Crippen molar-refractivity contribution in [3.05, 3.63) is 18.1 Å². The smallest absolute Gasteiger partial charge is 0.403 e. The van der Waals surface area contributed by atoms with E-state index in [2.05, 4.69) is 10.2 Å². The standard InChI is InChI=1S/C19H28F3N5O2/c1-4-28-12-5-7-27-17(16-6-13-29-14(16)2)23-24-18(27)26-10-8-25(9-11-26)15(3)19(20,21)22/h6,13,15H,4-5,7-12H2,1-3H3/t15-/m1/s1. The van der Waals surface area contributed by atoms with Crippen molar-refractivity contribution < 1.29 is 22.3 Å². The van der Waals surface area contributed by atoms with Crippen LogP contribution in [0.1, 0.15) is 26.0 Å². The number of aromatic nitrogens is 3. The van der Waals surface area contributed by atoms with Crippen LogP contribution in [-0.4, -0.2) is 71.3 Å². The molecule has 0 aromatic carbocycles. The molecule has 1 saturated heterocycles. The third-order valence-electron chi connectivity index (χ3n) is 5.32. The fraction of sp³-hybridized carbons (Fsp3) is 0.684. The second-order valence-corrected chi connectivity index (χ2v) is 7.16. The summed E-state index contributed by atoms with van der Waals surface area (Å²) in [5.74, 6) is 2.13. The maximum atomic E-state index is 13.0. The van der Waals surface area contributed by atoms with E-state index in [0.717, 1.165) is 17.7 Å². The Bertz CT molecular complexity index is 781. The van der Waals surface area contributed by atoms with E-state index in [0.29, 0.717) is 57.7 Å². The zero-order chi connectivity index (χ0) is 21.0. The topological polar surface area (TPSA) is 59.6 Å². The van der Waals surface area contributed by atoms with Gasteiger partial charge in [0.05, 0.1) is 11.8 Å². The quantitative estimate of drug-likeness (QED) is 0.617. The summed E-state index contributed by atoms with van der Waals surface area (Å²) in [5.41, 5.74) is 0.865. The predicted octanol–water partition coefficient (Wildman–Crippen LogP) is 3.35. The van der Waals surface area contributed by atoms with E-state index in [1.807, 2.05) is 29.4 Å². The van der Waals surface area contributed by atoms with E-state index >= 15 is 0 Å². The van der Waals surface area contributed by atoms with Crippen LogP contribution < -0.4 is 4.90 Å². The molecule has 0 amide bonds. The van der Waals surface area contributed by atoms with Gasteiger partial charge in [-0.1, -0.05) is 0 Å². The lowest BCUT2D eigenvalue weighted by atomic mass is 10.2. The van der Waals surface area contributed by atoms with Crippen molar-refractivity contribution in [1.29, 1.82) is 0 Å². The Morgan fingerprint density at radius 1 is 1.21 bits per heavy atom. The van der Waals surface area contributed by atoms with Crippen LogP contribution in [0.15, 0.2) is 16.7 Å². The minimum absolute atomic E-state index is 0.326. The molecule has 0 aliphatic carbocycles. The molecule has 2 aromatic rings. The monoisotopic (exact) mass is 415 g/mol. The number of halogens is 3. The van der Waals surface area contributed by atoms with Crippen LogP contribution in [0.4, 0.5) is 19.1 Å². The number of alkyl halides is 3. The minimum atomic E-state index is -4.21. The first-order valence-corrected chi connectivity index (χ1v) is 9.94. The Morgan fingerprint density at radius 2 is 1.93 bits per heavy atom. The van der Waals surface area contributed by atoms with Gasteiger partial charge in [-0.25, -0.2) is 0 Å². The van der Waals surface area contributed by atoms with Crippen molar-refractivity contribution in [1.82, 2.24) is 19.7 Å². The van der Waals surface area contributed by atoms with Crippen molar-refractivity contribution in [3.63, 3.8) is 0 Å². The van der Waals surface area contributed by atoms with Crippen LogP contribution in [0.2, 0.25) is 0 Å². The SMILES string of the molecule is CCOCCCn1c(-c2ccoc2C)nnc1N1CCN([C@H](C)C(F)(F)F)CC1. The number of hydrogen-bond acceptors (Lipinski definition) is 6. The highest BCUT2D eigenvalue weighted by molar-refractivity contribution is 5.59. The molecule has 10 heteroatoms. The molecular formula is C19H28F3N5O2. The first-order chi connectivity index (χ1) is 13.8. The highest BCUT2D eigenvalue weighted by atomic mass is 19.4. The van der Waals surface area contributed by atoms with Crippen LogP contribution in [0.25, 0.3) is 11.4 Å².